The number of aliphatic hydroxyl groups excluding tert-OH is 1. The van der Waals surface area contributed by atoms with E-state index in [2.05, 4.69) is 10.2 Å². The number of carbonyl (C=O) groups is 1. The fourth-order valence-corrected chi connectivity index (χ4v) is 3.68. The summed E-state index contributed by atoms with van der Waals surface area (Å²) in [7, 11) is 1.59. The van der Waals surface area contributed by atoms with Crippen LogP contribution < -0.4 is 10.1 Å². The maximum absolute atomic E-state index is 12.3. The van der Waals surface area contributed by atoms with E-state index in [9.17, 15) is 9.90 Å². The van der Waals surface area contributed by atoms with Gasteiger partial charge >= 0.3 is 0 Å². The van der Waals surface area contributed by atoms with Gasteiger partial charge in [-0.3, -0.25) is 4.79 Å². The normalized spacial score (nSPS) is 21.7. The van der Waals surface area contributed by atoms with Crippen molar-refractivity contribution in [2.75, 3.05) is 33.4 Å². The van der Waals surface area contributed by atoms with Crippen LogP contribution in [0, 0.1) is 0 Å². The van der Waals surface area contributed by atoms with Crippen LogP contribution in [-0.4, -0.2) is 61.4 Å². The number of nitrogens with zero attached hydrogens (tertiary/aromatic N) is 1. The van der Waals surface area contributed by atoms with Gasteiger partial charge in [-0.2, -0.15) is 0 Å². The number of hydrogen-bond acceptors (Lipinski definition) is 5. The van der Waals surface area contributed by atoms with Crippen LogP contribution in [0.4, 0.5) is 0 Å². The van der Waals surface area contributed by atoms with Crippen molar-refractivity contribution in [3.05, 3.63) is 29.8 Å². The van der Waals surface area contributed by atoms with Crippen molar-refractivity contribution in [1.82, 2.24) is 10.2 Å². The number of aliphatic hydroxyl groups is 1. The molecule has 0 unspecified atom stereocenters. The second kappa shape index (κ2) is 8.65. The summed E-state index contributed by atoms with van der Waals surface area (Å²) in [6.45, 7) is 3.70. The Labute approximate surface area is 149 Å². The van der Waals surface area contributed by atoms with Gasteiger partial charge in [0.1, 0.15) is 5.75 Å². The summed E-state index contributed by atoms with van der Waals surface area (Å²) in [6, 6.07) is 7.69. The fraction of sp³-hybridized carbons (Fsp3) is 0.632. The molecule has 2 aliphatic heterocycles. The quantitative estimate of drug-likeness (QED) is 0.844. The number of carbonyl (C=O) groups excluding carboxylic acids is 1. The predicted octanol–water partition coefficient (Wildman–Crippen LogP) is 1.49. The van der Waals surface area contributed by atoms with Crippen molar-refractivity contribution in [2.45, 2.75) is 43.9 Å². The van der Waals surface area contributed by atoms with E-state index < -0.39 is 6.10 Å². The number of likely N-dealkylation sites (tertiary alicyclic amines) is 1. The third-order valence-corrected chi connectivity index (χ3v) is 5.26. The Balaban J connectivity index is 1.46. The SMILES string of the molecule is COc1ccc([C@@H](O)C(=O)NC2CCN(C3CCOCC3)CC2)cc1. The second-order valence-corrected chi connectivity index (χ2v) is 6.84. The molecule has 0 bridgehead atoms. The summed E-state index contributed by atoms with van der Waals surface area (Å²) in [6.07, 6.45) is 2.93. The van der Waals surface area contributed by atoms with Crippen molar-refractivity contribution in [2.24, 2.45) is 0 Å². The van der Waals surface area contributed by atoms with Gasteiger partial charge in [-0.25, -0.2) is 0 Å². The predicted molar refractivity (Wildman–Crippen MR) is 94.5 cm³/mol. The average molecular weight is 348 g/mol. The largest absolute Gasteiger partial charge is 0.497 e. The lowest BCUT2D eigenvalue weighted by Crippen LogP contribution is -2.49. The van der Waals surface area contributed by atoms with Gasteiger partial charge in [0.2, 0.25) is 0 Å². The molecular weight excluding hydrogens is 320 g/mol. The number of benzene rings is 1. The first kappa shape index (κ1) is 18.2. The number of nitrogens with one attached hydrogen (secondary N) is 1. The van der Waals surface area contributed by atoms with Gasteiger partial charge in [0.05, 0.1) is 7.11 Å². The van der Waals surface area contributed by atoms with Gasteiger partial charge in [0.25, 0.3) is 5.91 Å². The van der Waals surface area contributed by atoms with E-state index in [4.69, 9.17) is 9.47 Å². The zero-order chi connectivity index (χ0) is 17.6. The summed E-state index contributed by atoms with van der Waals surface area (Å²) in [4.78, 5) is 14.8. The van der Waals surface area contributed by atoms with E-state index in [1.807, 2.05) is 0 Å². The van der Waals surface area contributed by atoms with Gasteiger partial charge in [0.15, 0.2) is 6.10 Å². The molecule has 6 nitrogen and oxygen atoms in total. The van der Waals surface area contributed by atoms with Crippen LogP contribution in [0.1, 0.15) is 37.4 Å². The summed E-state index contributed by atoms with van der Waals surface area (Å²) in [5.41, 5.74) is 0.581. The molecule has 1 aromatic carbocycles. The molecule has 2 heterocycles. The minimum atomic E-state index is -1.14. The van der Waals surface area contributed by atoms with Crippen LogP contribution in [0.2, 0.25) is 0 Å². The first-order valence-corrected chi connectivity index (χ1v) is 9.11. The van der Waals surface area contributed by atoms with Crippen molar-refractivity contribution < 1.29 is 19.4 Å². The molecule has 0 aliphatic carbocycles. The molecule has 0 saturated carbocycles. The standard InChI is InChI=1S/C19H28N2O4/c1-24-17-4-2-14(3-5-17)18(22)19(23)20-15-6-10-21(11-7-15)16-8-12-25-13-9-16/h2-5,15-16,18,22H,6-13H2,1H3,(H,20,23)/t18-/m1/s1. The molecule has 0 radical (unpaired) electrons. The monoisotopic (exact) mass is 348 g/mol. The molecule has 2 aliphatic rings. The highest BCUT2D eigenvalue weighted by molar-refractivity contribution is 5.82. The molecule has 6 heteroatoms. The molecule has 1 amide bonds. The zero-order valence-corrected chi connectivity index (χ0v) is 14.8. The van der Waals surface area contributed by atoms with Crippen molar-refractivity contribution in [3.63, 3.8) is 0 Å². The highest BCUT2D eigenvalue weighted by Crippen LogP contribution is 2.21. The summed E-state index contributed by atoms with van der Waals surface area (Å²) in [5.74, 6) is 0.381. The minimum absolute atomic E-state index is 0.136. The van der Waals surface area contributed by atoms with Gasteiger partial charge in [-0.15, -0.1) is 0 Å². The number of amides is 1. The molecule has 25 heavy (non-hydrogen) atoms. The van der Waals surface area contributed by atoms with Gasteiger partial charge in [-0.1, -0.05) is 12.1 Å². The molecule has 0 spiro atoms. The molecule has 1 aromatic rings. The second-order valence-electron chi connectivity index (χ2n) is 6.84. The van der Waals surface area contributed by atoms with Crippen LogP contribution in [-0.2, 0) is 9.53 Å². The van der Waals surface area contributed by atoms with Gasteiger partial charge < -0.3 is 24.8 Å². The fourth-order valence-electron chi connectivity index (χ4n) is 3.68. The lowest BCUT2D eigenvalue weighted by atomic mass is 9.99. The first-order chi connectivity index (χ1) is 12.2. The highest BCUT2D eigenvalue weighted by Gasteiger charge is 2.28. The molecular formula is C19H28N2O4. The van der Waals surface area contributed by atoms with E-state index in [0.717, 1.165) is 52.0 Å². The number of piperidine rings is 1. The lowest BCUT2D eigenvalue weighted by Gasteiger charge is -2.39. The topological polar surface area (TPSA) is 71.0 Å². The third kappa shape index (κ3) is 4.71. The molecule has 2 saturated heterocycles. The Morgan fingerprint density at radius 1 is 1.20 bits per heavy atom. The Morgan fingerprint density at radius 3 is 2.44 bits per heavy atom. The molecule has 2 fully saturated rings. The Kier molecular flexibility index (Phi) is 6.29. The van der Waals surface area contributed by atoms with E-state index in [0.29, 0.717) is 17.4 Å². The lowest BCUT2D eigenvalue weighted by molar-refractivity contribution is -0.130. The van der Waals surface area contributed by atoms with Crippen LogP contribution in [0.15, 0.2) is 24.3 Å². The number of methoxy groups -OCH3 is 1. The molecule has 2 N–H and O–H groups in total. The zero-order valence-electron chi connectivity index (χ0n) is 14.8. The third-order valence-electron chi connectivity index (χ3n) is 5.26. The Bertz CT molecular complexity index is 549. The van der Waals surface area contributed by atoms with Crippen LogP contribution >= 0.6 is 0 Å². The first-order valence-electron chi connectivity index (χ1n) is 9.11. The van der Waals surface area contributed by atoms with Crippen molar-refractivity contribution in [3.8, 4) is 5.75 Å². The van der Waals surface area contributed by atoms with E-state index in [-0.39, 0.29) is 11.9 Å². The van der Waals surface area contributed by atoms with Crippen LogP contribution in [0.5, 0.6) is 5.75 Å². The summed E-state index contributed by atoms with van der Waals surface area (Å²) < 4.78 is 10.5. The molecule has 0 aromatic heterocycles. The van der Waals surface area contributed by atoms with Gasteiger partial charge in [-0.05, 0) is 43.4 Å². The summed E-state index contributed by atoms with van der Waals surface area (Å²) in [5, 5.41) is 13.3. The Hall–Kier alpha value is -1.63. The van der Waals surface area contributed by atoms with E-state index >= 15 is 0 Å². The van der Waals surface area contributed by atoms with Crippen LogP contribution in [0.25, 0.3) is 0 Å². The molecule has 1 atom stereocenters. The van der Waals surface area contributed by atoms with Crippen molar-refractivity contribution >= 4 is 5.91 Å². The van der Waals surface area contributed by atoms with E-state index in [1.165, 1.54) is 0 Å². The molecule has 138 valence electrons. The number of rotatable bonds is 5. The van der Waals surface area contributed by atoms with Gasteiger partial charge in [0, 0.05) is 38.4 Å². The molecule has 3 rings (SSSR count). The van der Waals surface area contributed by atoms with Crippen LogP contribution in [0.3, 0.4) is 0 Å². The van der Waals surface area contributed by atoms with E-state index in [1.54, 1.807) is 31.4 Å². The Morgan fingerprint density at radius 2 is 1.84 bits per heavy atom. The highest BCUT2D eigenvalue weighted by atomic mass is 16.5. The maximum atomic E-state index is 12.3. The number of ether oxygens (including phenoxy) is 2. The summed E-state index contributed by atoms with van der Waals surface area (Å²) >= 11 is 0. The van der Waals surface area contributed by atoms with Crippen molar-refractivity contribution in [1.29, 1.82) is 0 Å². The average Bonchev–Trinajstić information content (AvgIpc) is 2.68. The smallest absolute Gasteiger partial charge is 0.253 e. The maximum Gasteiger partial charge on any atom is 0.253 e. The minimum Gasteiger partial charge on any atom is -0.497 e. The number of hydrogen-bond donors (Lipinski definition) is 2.